The van der Waals surface area contributed by atoms with Crippen molar-refractivity contribution in [3.8, 4) is 0 Å². The van der Waals surface area contributed by atoms with Crippen LogP contribution in [0.5, 0.6) is 0 Å². The Hall–Kier alpha value is -0.0800. The van der Waals surface area contributed by atoms with Crippen molar-refractivity contribution in [3.05, 3.63) is 0 Å². The summed E-state index contributed by atoms with van der Waals surface area (Å²) in [5, 5.41) is 0. The minimum Gasteiger partial charge on any atom is -0.328 e. The molecule has 0 aromatic carbocycles. The normalized spacial score (nSPS) is 17.5. The lowest BCUT2D eigenvalue weighted by atomic mass is 10.1. The number of nitrogens with zero attached hydrogens (tertiary/aromatic N) is 1. The fourth-order valence-electron chi connectivity index (χ4n) is 1.21. The summed E-state index contributed by atoms with van der Waals surface area (Å²) >= 11 is 0. The minimum atomic E-state index is 0.311. The second kappa shape index (κ2) is 4.73. The van der Waals surface area contributed by atoms with Gasteiger partial charge in [-0.05, 0) is 41.2 Å². The number of nitrogens with two attached hydrogens (primary N) is 1. The maximum absolute atomic E-state index is 5.70. The van der Waals surface area contributed by atoms with Gasteiger partial charge in [-0.1, -0.05) is 0 Å². The Morgan fingerprint density at radius 1 is 1.18 bits per heavy atom. The molecule has 0 heterocycles. The van der Waals surface area contributed by atoms with Crippen molar-refractivity contribution in [2.75, 3.05) is 7.05 Å². The first kappa shape index (κ1) is 10.9. The van der Waals surface area contributed by atoms with Gasteiger partial charge in [0.15, 0.2) is 0 Å². The van der Waals surface area contributed by atoms with Crippen LogP contribution >= 0.6 is 0 Å². The summed E-state index contributed by atoms with van der Waals surface area (Å²) in [6.07, 6.45) is 1.08. The van der Waals surface area contributed by atoms with Gasteiger partial charge in [-0.25, -0.2) is 0 Å². The molecule has 0 aromatic heterocycles. The predicted octanol–water partition coefficient (Wildman–Crippen LogP) is 1.45. The van der Waals surface area contributed by atoms with Crippen LogP contribution in [0.3, 0.4) is 0 Å². The van der Waals surface area contributed by atoms with E-state index in [4.69, 9.17) is 5.73 Å². The molecule has 11 heavy (non-hydrogen) atoms. The second-order valence-corrected chi connectivity index (χ2v) is 3.82. The molecule has 0 saturated carbocycles. The van der Waals surface area contributed by atoms with Gasteiger partial charge in [0, 0.05) is 18.1 Å². The highest BCUT2D eigenvalue weighted by Gasteiger charge is 2.12. The van der Waals surface area contributed by atoms with Crippen LogP contribution in [0, 0.1) is 0 Å². The summed E-state index contributed by atoms with van der Waals surface area (Å²) in [6, 6.07) is 1.52. The largest absolute Gasteiger partial charge is 0.328 e. The molecule has 0 bridgehead atoms. The molecule has 0 aliphatic rings. The molecule has 0 saturated heterocycles. The Bertz CT molecular complexity index is 99.7. The molecule has 0 fully saturated rings. The highest BCUT2D eigenvalue weighted by Crippen LogP contribution is 2.06. The number of rotatable bonds is 4. The van der Waals surface area contributed by atoms with Crippen LogP contribution < -0.4 is 5.73 Å². The molecular weight excluding hydrogens is 136 g/mol. The van der Waals surface area contributed by atoms with Gasteiger partial charge in [0.25, 0.3) is 0 Å². The topological polar surface area (TPSA) is 29.3 Å². The maximum atomic E-state index is 5.70. The van der Waals surface area contributed by atoms with Gasteiger partial charge < -0.3 is 10.6 Å². The zero-order valence-electron chi connectivity index (χ0n) is 8.46. The third kappa shape index (κ3) is 4.38. The molecule has 0 aromatic rings. The Morgan fingerprint density at radius 2 is 1.64 bits per heavy atom. The van der Waals surface area contributed by atoms with E-state index >= 15 is 0 Å². The monoisotopic (exact) mass is 158 g/mol. The summed E-state index contributed by atoms with van der Waals surface area (Å²) in [7, 11) is 2.15. The molecule has 2 unspecified atom stereocenters. The van der Waals surface area contributed by atoms with E-state index in [1.165, 1.54) is 0 Å². The third-order valence-corrected chi connectivity index (χ3v) is 2.22. The molecule has 2 heteroatoms. The summed E-state index contributed by atoms with van der Waals surface area (Å²) in [6.45, 7) is 8.70. The molecule has 0 rings (SSSR count). The van der Waals surface area contributed by atoms with E-state index in [1.54, 1.807) is 0 Å². The van der Waals surface area contributed by atoms with Gasteiger partial charge in [0.1, 0.15) is 0 Å². The van der Waals surface area contributed by atoms with Crippen LogP contribution in [0.4, 0.5) is 0 Å². The highest BCUT2D eigenvalue weighted by molar-refractivity contribution is 4.70. The molecule has 2 atom stereocenters. The first-order valence-corrected chi connectivity index (χ1v) is 4.42. The van der Waals surface area contributed by atoms with Crippen molar-refractivity contribution >= 4 is 0 Å². The summed E-state index contributed by atoms with van der Waals surface area (Å²) in [4.78, 5) is 2.35. The smallest absolute Gasteiger partial charge is 0.00812 e. The first-order chi connectivity index (χ1) is 4.95. The lowest BCUT2D eigenvalue weighted by Crippen LogP contribution is -2.38. The van der Waals surface area contributed by atoms with Crippen LogP contribution in [-0.4, -0.2) is 30.1 Å². The lowest BCUT2D eigenvalue weighted by Gasteiger charge is -2.29. The number of hydrogen-bond acceptors (Lipinski definition) is 2. The van der Waals surface area contributed by atoms with Gasteiger partial charge in [0.05, 0.1) is 0 Å². The van der Waals surface area contributed by atoms with E-state index in [9.17, 15) is 0 Å². The standard InChI is InChI=1S/C9H22N2/c1-7(2)11(5)9(4)6-8(3)10/h7-9H,6,10H2,1-5H3. The van der Waals surface area contributed by atoms with Crippen LogP contribution in [0.2, 0.25) is 0 Å². The fourth-order valence-corrected chi connectivity index (χ4v) is 1.21. The predicted molar refractivity (Wildman–Crippen MR) is 50.6 cm³/mol. The fraction of sp³-hybridized carbons (Fsp3) is 1.00. The van der Waals surface area contributed by atoms with E-state index in [-0.39, 0.29) is 0 Å². The van der Waals surface area contributed by atoms with Crippen molar-refractivity contribution in [1.82, 2.24) is 4.90 Å². The van der Waals surface area contributed by atoms with E-state index in [1.807, 2.05) is 0 Å². The van der Waals surface area contributed by atoms with Gasteiger partial charge in [-0.15, -0.1) is 0 Å². The van der Waals surface area contributed by atoms with Gasteiger partial charge >= 0.3 is 0 Å². The maximum Gasteiger partial charge on any atom is 0.00812 e. The van der Waals surface area contributed by atoms with Gasteiger partial charge in [-0.3, -0.25) is 0 Å². The van der Waals surface area contributed by atoms with Crippen molar-refractivity contribution in [3.63, 3.8) is 0 Å². The molecule has 0 aliphatic carbocycles. The Kier molecular flexibility index (Phi) is 4.69. The van der Waals surface area contributed by atoms with Crippen LogP contribution in [0.1, 0.15) is 34.1 Å². The summed E-state index contributed by atoms with van der Waals surface area (Å²) < 4.78 is 0. The third-order valence-electron chi connectivity index (χ3n) is 2.22. The minimum absolute atomic E-state index is 0.311. The summed E-state index contributed by atoms with van der Waals surface area (Å²) in [5.41, 5.74) is 5.70. The van der Waals surface area contributed by atoms with Crippen molar-refractivity contribution in [1.29, 1.82) is 0 Å². The first-order valence-electron chi connectivity index (χ1n) is 4.42. The lowest BCUT2D eigenvalue weighted by molar-refractivity contribution is 0.193. The Morgan fingerprint density at radius 3 is 1.91 bits per heavy atom. The zero-order valence-corrected chi connectivity index (χ0v) is 8.46. The Balaban J connectivity index is 3.73. The number of hydrogen-bond donors (Lipinski definition) is 1. The van der Waals surface area contributed by atoms with Crippen molar-refractivity contribution in [2.24, 2.45) is 5.73 Å². The molecule has 2 nitrogen and oxygen atoms in total. The molecular formula is C9H22N2. The van der Waals surface area contributed by atoms with Gasteiger partial charge in [0.2, 0.25) is 0 Å². The molecule has 0 amide bonds. The van der Waals surface area contributed by atoms with Crippen molar-refractivity contribution in [2.45, 2.75) is 52.2 Å². The SMILES string of the molecule is CC(N)CC(C)N(C)C(C)C. The van der Waals surface area contributed by atoms with E-state index in [0.717, 1.165) is 6.42 Å². The zero-order chi connectivity index (χ0) is 9.02. The van der Waals surface area contributed by atoms with Crippen molar-refractivity contribution < 1.29 is 0 Å². The second-order valence-electron chi connectivity index (χ2n) is 3.82. The average molecular weight is 158 g/mol. The molecule has 2 N–H and O–H groups in total. The molecule has 0 spiro atoms. The Labute approximate surface area is 70.8 Å². The molecule has 0 aliphatic heterocycles. The quantitative estimate of drug-likeness (QED) is 0.671. The van der Waals surface area contributed by atoms with E-state index in [2.05, 4.69) is 39.6 Å². The van der Waals surface area contributed by atoms with Crippen LogP contribution in [0.25, 0.3) is 0 Å². The average Bonchev–Trinajstić information content (AvgIpc) is 1.84. The molecule has 0 radical (unpaired) electrons. The van der Waals surface area contributed by atoms with E-state index in [0.29, 0.717) is 18.1 Å². The van der Waals surface area contributed by atoms with Crippen LogP contribution in [0.15, 0.2) is 0 Å². The van der Waals surface area contributed by atoms with Crippen LogP contribution in [-0.2, 0) is 0 Å². The van der Waals surface area contributed by atoms with Gasteiger partial charge in [-0.2, -0.15) is 0 Å². The summed E-state index contributed by atoms with van der Waals surface area (Å²) in [5.74, 6) is 0. The van der Waals surface area contributed by atoms with E-state index < -0.39 is 0 Å². The highest BCUT2D eigenvalue weighted by atomic mass is 15.1. The molecule has 68 valence electrons.